The molecule has 23 heavy (non-hydrogen) atoms. The highest BCUT2D eigenvalue weighted by Gasteiger charge is 2.08. The van der Waals surface area contributed by atoms with E-state index < -0.39 is 0 Å². The minimum Gasteiger partial charge on any atom is -0.355 e. The molecule has 0 bridgehead atoms. The van der Waals surface area contributed by atoms with Crippen molar-refractivity contribution in [1.29, 1.82) is 0 Å². The third-order valence-corrected chi connectivity index (χ3v) is 5.88. The van der Waals surface area contributed by atoms with Crippen molar-refractivity contribution >= 4 is 33.6 Å². The second kappa shape index (κ2) is 11.1. The van der Waals surface area contributed by atoms with Crippen molar-refractivity contribution < 1.29 is 4.79 Å². The maximum absolute atomic E-state index is 11.9. The van der Waals surface area contributed by atoms with Gasteiger partial charge >= 0.3 is 0 Å². The maximum Gasteiger partial charge on any atom is 0.230 e. The Kier molecular flexibility index (Phi) is 9.09. The lowest BCUT2D eigenvalue weighted by atomic mass is 10.2. The highest BCUT2D eigenvalue weighted by Crippen LogP contribution is 2.21. The lowest BCUT2D eigenvalue weighted by Gasteiger charge is -2.19. The number of benzene rings is 1. The molecular formula is C18H27BrN2OS. The fourth-order valence-electron chi connectivity index (χ4n) is 2.81. The van der Waals surface area contributed by atoms with Crippen molar-refractivity contribution in [2.45, 2.75) is 37.9 Å². The van der Waals surface area contributed by atoms with Crippen LogP contribution in [0.5, 0.6) is 0 Å². The largest absolute Gasteiger partial charge is 0.355 e. The number of rotatable bonds is 8. The topological polar surface area (TPSA) is 32.3 Å². The van der Waals surface area contributed by atoms with Crippen LogP contribution in [-0.2, 0) is 10.5 Å². The molecule has 1 N–H and O–H groups in total. The first-order valence-corrected chi connectivity index (χ1v) is 10.5. The number of hydrogen-bond acceptors (Lipinski definition) is 3. The molecule has 0 spiro atoms. The summed E-state index contributed by atoms with van der Waals surface area (Å²) < 4.78 is 1.12. The quantitative estimate of drug-likeness (QED) is 0.669. The van der Waals surface area contributed by atoms with Gasteiger partial charge in [-0.15, -0.1) is 11.8 Å². The van der Waals surface area contributed by atoms with E-state index in [9.17, 15) is 4.79 Å². The van der Waals surface area contributed by atoms with Gasteiger partial charge in [0.15, 0.2) is 0 Å². The molecule has 1 amide bonds. The minimum absolute atomic E-state index is 0.151. The van der Waals surface area contributed by atoms with Gasteiger partial charge < -0.3 is 10.2 Å². The Morgan fingerprint density at radius 1 is 1.17 bits per heavy atom. The van der Waals surface area contributed by atoms with E-state index in [1.165, 1.54) is 44.3 Å². The van der Waals surface area contributed by atoms with Gasteiger partial charge in [0, 0.05) is 16.8 Å². The summed E-state index contributed by atoms with van der Waals surface area (Å²) in [6, 6.07) is 8.17. The summed E-state index contributed by atoms with van der Waals surface area (Å²) in [5, 5.41) is 3.04. The van der Waals surface area contributed by atoms with Crippen molar-refractivity contribution in [1.82, 2.24) is 10.2 Å². The number of halogens is 1. The monoisotopic (exact) mass is 398 g/mol. The van der Waals surface area contributed by atoms with E-state index in [0.29, 0.717) is 5.75 Å². The number of carbonyl (C=O) groups excluding carboxylic acids is 1. The van der Waals surface area contributed by atoms with Gasteiger partial charge in [0.1, 0.15) is 0 Å². The van der Waals surface area contributed by atoms with Crippen LogP contribution in [-0.4, -0.2) is 42.7 Å². The van der Waals surface area contributed by atoms with Crippen LogP contribution in [0.15, 0.2) is 28.7 Å². The van der Waals surface area contributed by atoms with Crippen LogP contribution in [0.3, 0.4) is 0 Å². The highest BCUT2D eigenvalue weighted by atomic mass is 79.9. The molecule has 1 aliphatic heterocycles. The van der Waals surface area contributed by atoms with Crippen molar-refractivity contribution in [2.75, 3.05) is 31.9 Å². The molecule has 0 unspecified atom stereocenters. The Morgan fingerprint density at radius 3 is 2.65 bits per heavy atom. The van der Waals surface area contributed by atoms with E-state index >= 15 is 0 Å². The number of nitrogens with zero attached hydrogens (tertiary/aromatic N) is 1. The molecule has 0 saturated carbocycles. The summed E-state index contributed by atoms with van der Waals surface area (Å²) in [5.41, 5.74) is 1.24. The molecule has 5 heteroatoms. The zero-order valence-corrected chi connectivity index (χ0v) is 16.1. The number of carbonyl (C=O) groups is 1. The third-order valence-electron chi connectivity index (χ3n) is 4.12. The normalized spacial score (nSPS) is 16.0. The molecule has 0 atom stereocenters. The van der Waals surface area contributed by atoms with Crippen LogP contribution < -0.4 is 5.32 Å². The summed E-state index contributed by atoms with van der Waals surface area (Å²) in [5.74, 6) is 1.55. The predicted octanol–water partition coefficient (Wildman–Crippen LogP) is 4.06. The van der Waals surface area contributed by atoms with E-state index in [1.807, 2.05) is 18.2 Å². The number of likely N-dealkylation sites (tertiary alicyclic amines) is 1. The second-order valence-corrected chi connectivity index (χ2v) is 7.88. The first-order chi connectivity index (χ1) is 11.3. The van der Waals surface area contributed by atoms with Crippen molar-refractivity contribution in [3.8, 4) is 0 Å². The average molecular weight is 399 g/mol. The van der Waals surface area contributed by atoms with Crippen molar-refractivity contribution in [3.63, 3.8) is 0 Å². The van der Waals surface area contributed by atoms with Crippen LogP contribution in [0.4, 0.5) is 0 Å². The minimum atomic E-state index is 0.151. The second-order valence-electron chi connectivity index (χ2n) is 6.04. The summed E-state index contributed by atoms with van der Waals surface area (Å²) in [6.07, 6.45) is 6.47. The molecule has 1 aromatic rings. The van der Waals surface area contributed by atoms with Crippen LogP contribution in [0, 0.1) is 0 Å². The average Bonchev–Trinajstić information content (AvgIpc) is 2.82. The van der Waals surface area contributed by atoms with Gasteiger partial charge in [0.25, 0.3) is 0 Å². The van der Waals surface area contributed by atoms with E-state index in [0.717, 1.165) is 29.7 Å². The van der Waals surface area contributed by atoms with Gasteiger partial charge in [0.05, 0.1) is 5.75 Å². The summed E-state index contributed by atoms with van der Waals surface area (Å²) in [7, 11) is 0. The molecule has 2 rings (SSSR count). The van der Waals surface area contributed by atoms with Gasteiger partial charge in [-0.1, -0.05) is 47.0 Å². The molecule has 0 aromatic heterocycles. The van der Waals surface area contributed by atoms with Crippen LogP contribution >= 0.6 is 27.7 Å². The van der Waals surface area contributed by atoms with Crippen LogP contribution in [0.2, 0.25) is 0 Å². The lowest BCUT2D eigenvalue weighted by molar-refractivity contribution is -0.118. The Morgan fingerprint density at radius 2 is 1.91 bits per heavy atom. The van der Waals surface area contributed by atoms with E-state index in [4.69, 9.17) is 0 Å². The summed E-state index contributed by atoms with van der Waals surface area (Å²) in [4.78, 5) is 14.4. The van der Waals surface area contributed by atoms with Gasteiger partial charge in [-0.3, -0.25) is 4.79 Å². The van der Waals surface area contributed by atoms with Crippen molar-refractivity contribution in [3.05, 3.63) is 34.3 Å². The molecule has 1 heterocycles. The number of amides is 1. The number of nitrogens with one attached hydrogen (secondary N) is 1. The fourth-order valence-corrected chi connectivity index (χ4v) is 4.28. The SMILES string of the molecule is O=C(CSCc1ccccc1Br)NCCCN1CCCCCC1. The van der Waals surface area contributed by atoms with Gasteiger partial charge in [-0.25, -0.2) is 0 Å². The molecule has 0 aliphatic carbocycles. The Balaban J connectivity index is 1.52. The first kappa shape index (κ1) is 18.8. The van der Waals surface area contributed by atoms with E-state index in [1.54, 1.807) is 11.8 Å². The third kappa shape index (κ3) is 7.73. The van der Waals surface area contributed by atoms with Gasteiger partial charge in [0.2, 0.25) is 5.91 Å². The molecule has 1 saturated heterocycles. The number of thioether (sulfide) groups is 1. The zero-order valence-electron chi connectivity index (χ0n) is 13.7. The number of hydrogen-bond donors (Lipinski definition) is 1. The Bertz CT molecular complexity index is 476. The zero-order chi connectivity index (χ0) is 16.3. The lowest BCUT2D eigenvalue weighted by Crippen LogP contribution is -2.31. The molecule has 1 aliphatic rings. The first-order valence-electron chi connectivity index (χ1n) is 8.56. The highest BCUT2D eigenvalue weighted by molar-refractivity contribution is 9.10. The van der Waals surface area contributed by atoms with E-state index in [2.05, 4.69) is 32.2 Å². The predicted molar refractivity (Wildman–Crippen MR) is 103 cm³/mol. The summed E-state index contributed by atoms with van der Waals surface area (Å²) in [6.45, 7) is 4.38. The smallest absolute Gasteiger partial charge is 0.230 e. The standard InChI is InChI=1S/C18H27BrN2OS/c19-17-9-4-3-8-16(17)14-23-15-18(22)20-10-7-13-21-11-5-1-2-6-12-21/h3-4,8-9H,1-2,5-7,10-15H2,(H,20,22). The molecule has 1 aromatic carbocycles. The van der Waals surface area contributed by atoms with E-state index in [-0.39, 0.29) is 5.91 Å². The van der Waals surface area contributed by atoms with Crippen LogP contribution in [0.1, 0.15) is 37.7 Å². The maximum atomic E-state index is 11.9. The molecule has 128 valence electrons. The summed E-state index contributed by atoms with van der Waals surface area (Å²) >= 11 is 5.20. The van der Waals surface area contributed by atoms with Gasteiger partial charge in [-0.05, 0) is 50.5 Å². The fraction of sp³-hybridized carbons (Fsp3) is 0.611. The van der Waals surface area contributed by atoms with Gasteiger partial charge in [-0.2, -0.15) is 0 Å². The molecule has 1 fully saturated rings. The van der Waals surface area contributed by atoms with Crippen molar-refractivity contribution in [2.24, 2.45) is 0 Å². The molecule has 0 radical (unpaired) electrons. The molecule has 3 nitrogen and oxygen atoms in total. The Hall–Kier alpha value is -0.520. The Labute approximate surface area is 152 Å². The van der Waals surface area contributed by atoms with Crippen LogP contribution in [0.25, 0.3) is 0 Å². The molecular weight excluding hydrogens is 372 g/mol.